The Morgan fingerprint density at radius 2 is 1.83 bits per heavy atom. The van der Waals surface area contributed by atoms with Crippen molar-refractivity contribution in [1.82, 2.24) is 29.7 Å². The number of likely N-dealkylation sites (N-methyl/N-ethyl adjacent to an activating group) is 1. The molecule has 4 heterocycles. The third kappa shape index (κ3) is 3.71. The molecule has 35 heavy (non-hydrogen) atoms. The minimum absolute atomic E-state index is 0.170. The van der Waals surface area contributed by atoms with Crippen molar-refractivity contribution in [2.75, 3.05) is 48.9 Å². The summed E-state index contributed by atoms with van der Waals surface area (Å²) < 4.78 is 2.12. The van der Waals surface area contributed by atoms with Gasteiger partial charge in [0.2, 0.25) is 6.29 Å². The number of rotatable bonds is 5. The van der Waals surface area contributed by atoms with Gasteiger partial charge in [-0.15, -0.1) is 0 Å². The molecule has 2 aromatic heterocycles. The Kier molecular flexibility index (Phi) is 5.38. The third-order valence-corrected chi connectivity index (χ3v) is 7.25. The molecule has 0 saturated carbocycles. The fraction of sp³-hybridized carbons (Fsp3) is 0.385. The Balaban J connectivity index is 1.51. The van der Waals surface area contributed by atoms with Crippen LogP contribution in [0.15, 0.2) is 48.7 Å². The number of aromatic nitrogens is 4. The smallest absolute Gasteiger partial charge is 0.215 e. The van der Waals surface area contributed by atoms with Gasteiger partial charge in [-0.05, 0) is 44.3 Å². The Hall–Kier alpha value is -3.56. The molecule has 1 fully saturated rings. The molecule has 3 N–H and O–H groups in total. The number of nitrogens with two attached hydrogens (primary N) is 1. The van der Waals surface area contributed by atoms with Gasteiger partial charge in [-0.2, -0.15) is 5.10 Å². The van der Waals surface area contributed by atoms with Gasteiger partial charge < -0.3 is 20.5 Å². The average molecular weight is 472 g/mol. The lowest BCUT2D eigenvalue weighted by molar-refractivity contribution is 0.118. The predicted molar refractivity (Wildman–Crippen MR) is 140 cm³/mol. The number of nitrogens with zero attached hydrogens (tertiary/aromatic N) is 7. The first-order valence-corrected chi connectivity index (χ1v) is 12.4. The van der Waals surface area contributed by atoms with E-state index < -0.39 is 0 Å². The SMILES string of the molecule is CCc1nc(CN2c3ccccc3N(N3CCN(C)CC3)C2n2ncc3ccc(N)cc32)c(C)[nH]1. The number of fused-ring (bicyclic) bond motifs is 2. The van der Waals surface area contributed by atoms with E-state index in [9.17, 15) is 0 Å². The van der Waals surface area contributed by atoms with E-state index in [2.05, 4.69) is 74.6 Å². The molecule has 0 spiro atoms. The van der Waals surface area contributed by atoms with Crippen molar-refractivity contribution >= 4 is 28.0 Å². The molecule has 0 aliphatic carbocycles. The van der Waals surface area contributed by atoms with Crippen molar-refractivity contribution in [1.29, 1.82) is 0 Å². The van der Waals surface area contributed by atoms with Gasteiger partial charge in [-0.25, -0.2) is 14.7 Å². The summed E-state index contributed by atoms with van der Waals surface area (Å²) in [6, 6.07) is 14.7. The lowest BCUT2D eigenvalue weighted by Crippen LogP contribution is -2.56. The summed E-state index contributed by atoms with van der Waals surface area (Å²) in [6.07, 6.45) is 2.65. The number of aromatic amines is 1. The van der Waals surface area contributed by atoms with Crippen LogP contribution in [0.1, 0.15) is 30.4 Å². The number of imidazole rings is 1. The molecular formula is C26H33N9. The number of nitrogen functional groups attached to an aromatic ring is 1. The van der Waals surface area contributed by atoms with Crippen molar-refractivity contribution in [3.05, 3.63) is 65.9 Å². The molecule has 9 nitrogen and oxygen atoms in total. The normalized spacial score (nSPS) is 19.1. The molecule has 2 aliphatic rings. The molecule has 9 heteroatoms. The Morgan fingerprint density at radius 3 is 2.57 bits per heavy atom. The number of nitrogens with one attached hydrogen (secondary N) is 1. The van der Waals surface area contributed by atoms with Crippen molar-refractivity contribution in [3.63, 3.8) is 0 Å². The molecule has 0 amide bonds. The van der Waals surface area contributed by atoms with Gasteiger partial charge in [0.1, 0.15) is 5.82 Å². The highest BCUT2D eigenvalue weighted by atomic mass is 15.8. The van der Waals surface area contributed by atoms with Gasteiger partial charge in [0.15, 0.2) is 0 Å². The van der Waals surface area contributed by atoms with Crippen LogP contribution in [-0.2, 0) is 13.0 Å². The van der Waals surface area contributed by atoms with Crippen molar-refractivity contribution in [2.45, 2.75) is 33.1 Å². The molecule has 1 unspecified atom stereocenters. The van der Waals surface area contributed by atoms with E-state index in [1.807, 2.05) is 24.4 Å². The minimum atomic E-state index is -0.170. The standard InChI is InChI=1S/C26H33N9/c1-4-25-29-18(2)21(30-25)17-33-22-7-5-6-8-23(22)35(32-13-11-31(3)12-14-32)26(33)34-24-15-20(27)10-9-19(24)16-28-34/h5-10,15-16,26H,4,11-14,17,27H2,1-3H3,(H,29,30). The summed E-state index contributed by atoms with van der Waals surface area (Å²) in [4.78, 5) is 13.2. The highest BCUT2D eigenvalue weighted by Gasteiger charge is 2.42. The topological polar surface area (TPSA) is 85.5 Å². The summed E-state index contributed by atoms with van der Waals surface area (Å²) in [7, 11) is 2.19. The van der Waals surface area contributed by atoms with Crippen LogP contribution < -0.4 is 15.6 Å². The summed E-state index contributed by atoms with van der Waals surface area (Å²) in [5, 5.41) is 10.9. The van der Waals surface area contributed by atoms with Crippen LogP contribution >= 0.6 is 0 Å². The Morgan fingerprint density at radius 1 is 1.06 bits per heavy atom. The number of para-hydroxylation sites is 2. The van der Waals surface area contributed by atoms with Gasteiger partial charge in [0.05, 0.1) is 35.3 Å². The third-order valence-electron chi connectivity index (χ3n) is 7.25. The summed E-state index contributed by atoms with van der Waals surface area (Å²) in [6.45, 7) is 8.88. The van der Waals surface area contributed by atoms with Crippen LogP contribution in [0, 0.1) is 6.92 Å². The second-order valence-electron chi connectivity index (χ2n) is 9.58. The van der Waals surface area contributed by atoms with E-state index in [0.717, 1.165) is 66.4 Å². The van der Waals surface area contributed by atoms with E-state index in [1.165, 1.54) is 11.4 Å². The maximum Gasteiger partial charge on any atom is 0.215 e. The maximum absolute atomic E-state index is 6.23. The summed E-state index contributed by atoms with van der Waals surface area (Å²) in [5.74, 6) is 1.02. The number of hydrogen-bond acceptors (Lipinski definition) is 7. The number of benzene rings is 2. The fourth-order valence-electron chi connectivity index (χ4n) is 5.28. The molecule has 6 rings (SSSR count). The second-order valence-corrected chi connectivity index (χ2v) is 9.58. The Bertz CT molecular complexity index is 1350. The van der Waals surface area contributed by atoms with Gasteiger partial charge in [-0.1, -0.05) is 19.1 Å². The largest absolute Gasteiger partial charge is 0.399 e. The van der Waals surface area contributed by atoms with Crippen molar-refractivity contribution in [2.24, 2.45) is 0 Å². The number of H-pyrrole nitrogens is 1. The van der Waals surface area contributed by atoms with Gasteiger partial charge in [-0.3, -0.25) is 5.01 Å². The van der Waals surface area contributed by atoms with Gasteiger partial charge in [0.25, 0.3) is 0 Å². The number of aryl methyl sites for hydroxylation is 2. The fourth-order valence-corrected chi connectivity index (χ4v) is 5.28. The zero-order valence-electron chi connectivity index (χ0n) is 20.6. The zero-order valence-corrected chi connectivity index (χ0v) is 20.6. The van der Waals surface area contributed by atoms with Gasteiger partial charge in [0, 0.05) is 49.4 Å². The number of hydrogen-bond donors (Lipinski definition) is 2. The first-order valence-electron chi connectivity index (χ1n) is 12.4. The minimum Gasteiger partial charge on any atom is -0.399 e. The van der Waals surface area contributed by atoms with E-state index >= 15 is 0 Å². The number of piperazine rings is 1. The van der Waals surface area contributed by atoms with Gasteiger partial charge >= 0.3 is 0 Å². The monoisotopic (exact) mass is 471 g/mol. The second kappa shape index (κ2) is 8.58. The lowest BCUT2D eigenvalue weighted by atomic mass is 10.2. The molecule has 1 atom stereocenters. The zero-order chi connectivity index (χ0) is 24.1. The molecule has 0 bridgehead atoms. The van der Waals surface area contributed by atoms with Crippen LogP contribution in [-0.4, -0.2) is 62.9 Å². The maximum atomic E-state index is 6.23. The van der Waals surface area contributed by atoms with Crippen molar-refractivity contribution in [3.8, 4) is 0 Å². The molecule has 182 valence electrons. The summed E-state index contributed by atoms with van der Waals surface area (Å²) >= 11 is 0. The van der Waals surface area contributed by atoms with Crippen LogP contribution in [0.2, 0.25) is 0 Å². The molecule has 1 saturated heterocycles. The first kappa shape index (κ1) is 21.9. The van der Waals surface area contributed by atoms with E-state index in [-0.39, 0.29) is 6.29 Å². The van der Waals surface area contributed by atoms with Crippen molar-refractivity contribution < 1.29 is 0 Å². The predicted octanol–water partition coefficient (Wildman–Crippen LogP) is 3.36. The first-order chi connectivity index (χ1) is 17.0. The quantitative estimate of drug-likeness (QED) is 0.432. The van der Waals surface area contributed by atoms with E-state index in [4.69, 9.17) is 15.8 Å². The molecular weight excluding hydrogens is 438 g/mol. The van der Waals surface area contributed by atoms with Crippen LogP contribution in [0.3, 0.4) is 0 Å². The number of hydrazine groups is 1. The molecule has 2 aromatic carbocycles. The van der Waals surface area contributed by atoms with E-state index in [0.29, 0.717) is 6.54 Å². The van der Waals surface area contributed by atoms with Crippen LogP contribution in [0.5, 0.6) is 0 Å². The molecule has 2 aliphatic heterocycles. The Labute approximate surface area is 205 Å². The number of anilines is 3. The summed E-state index contributed by atoms with van der Waals surface area (Å²) in [5.41, 5.74) is 12.6. The average Bonchev–Trinajstić information content (AvgIpc) is 3.53. The van der Waals surface area contributed by atoms with Crippen LogP contribution in [0.4, 0.5) is 17.1 Å². The highest BCUT2D eigenvalue weighted by Crippen LogP contribution is 2.46. The van der Waals surface area contributed by atoms with E-state index in [1.54, 1.807) is 0 Å². The molecule has 0 radical (unpaired) electrons. The van der Waals surface area contributed by atoms with Crippen LogP contribution in [0.25, 0.3) is 10.9 Å². The lowest BCUT2D eigenvalue weighted by Gasteiger charge is -2.43. The highest BCUT2D eigenvalue weighted by molar-refractivity contribution is 5.83. The molecule has 4 aromatic rings.